The zero-order chi connectivity index (χ0) is 12.1. The number of ether oxygens (including phenoxy) is 1. The normalized spacial score (nSPS) is 12.8. The molecule has 0 saturated heterocycles. The summed E-state index contributed by atoms with van der Waals surface area (Å²) in [6.07, 6.45) is 4.59. The first kappa shape index (κ1) is 12.7. The molecule has 1 aromatic rings. The Morgan fingerprint density at radius 2 is 2.31 bits per heavy atom. The molecule has 0 bridgehead atoms. The molecule has 16 heavy (non-hydrogen) atoms. The summed E-state index contributed by atoms with van der Waals surface area (Å²) in [6.45, 7) is 4.10. The lowest BCUT2D eigenvalue weighted by molar-refractivity contribution is -0.140. The van der Waals surface area contributed by atoms with E-state index in [0.29, 0.717) is 18.9 Å². The number of hydrogen-bond acceptors (Lipinski definition) is 4. The van der Waals surface area contributed by atoms with Crippen molar-refractivity contribution in [1.29, 1.82) is 0 Å². The number of carbonyl (C=O) groups is 1. The topological polar surface area (TPSA) is 70.1 Å². The summed E-state index contributed by atoms with van der Waals surface area (Å²) in [5, 5.41) is 4.20. The highest BCUT2D eigenvalue weighted by Gasteiger charge is 2.12. The first-order valence-electron chi connectivity index (χ1n) is 5.41. The van der Waals surface area contributed by atoms with Gasteiger partial charge in [0.25, 0.3) is 0 Å². The third-order valence-electron chi connectivity index (χ3n) is 2.47. The molecule has 1 unspecified atom stereocenters. The lowest BCUT2D eigenvalue weighted by Crippen LogP contribution is -2.12. The van der Waals surface area contributed by atoms with Gasteiger partial charge < -0.3 is 10.5 Å². The number of aromatic nitrogens is 2. The van der Waals surface area contributed by atoms with Gasteiger partial charge in [0, 0.05) is 30.3 Å². The van der Waals surface area contributed by atoms with Crippen molar-refractivity contribution in [3.63, 3.8) is 0 Å². The van der Waals surface area contributed by atoms with Gasteiger partial charge in [0.2, 0.25) is 0 Å². The SMILES string of the molecule is COC(=O)CCC(N)c1cnn(C(C)C)c1. The zero-order valence-corrected chi connectivity index (χ0v) is 10.0. The molecule has 1 rings (SSSR count). The molecule has 0 radical (unpaired) electrons. The van der Waals surface area contributed by atoms with E-state index < -0.39 is 0 Å². The molecule has 0 fully saturated rings. The van der Waals surface area contributed by atoms with E-state index in [1.165, 1.54) is 7.11 Å². The molecule has 5 heteroatoms. The van der Waals surface area contributed by atoms with Crippen LogP contribution in [0.25, 0.3) is 0 Å². The Hall–Kier alpha value is -1.36. The molecule has 0 aliphatic heterocycles. The lowest BCUT2D eigenvalue weighted by atomic mass is 10.1. The van der Waals surface area contributed by atoms with Crippen LogP contribution in [0.4, 0.5) is 0 Å². The Morgan fingerprint density at radius 3 is 2.81 bits per heavy atom. The minimum absolute atomic E-state index is 0.161. The maximum absolute atomic E-state index is 11.0. The second-order valence-corrected chi connectivity index (χ2v) is 4.07. The summed E-state index contributed by atoms with van der Waals surface area (Å²) >= 11 is 0. The number of rotatable bonds is 5. The first-order chi connectivity index (χ1) is 7.54. The first-order valence-corrected chi connectivity index (χ1v) is 5.41. The van der Waals surface area contributed by atoms with Crippen LogP contribution in [0.5, 0.6) is 0 Å². The summed E-state index contributed by atoms with van der Waals surface area (Å²) in [6, 6.07) is 0.160. The van der Waals surface area contributed by atoms with Crippen LogP contribution in [0.3, 0.4) is 0 Å². The van der Waals surface area contributed by atoms with E-state index in [4.69, 9.17) is 5.73 Å². The van der Waals surface area contributed by atoms with Crippen LogP contribution in [0, 0.1) is 0 Å². The second-order valence-electron chi connectivity index (χ2n) is 4.07. The van der Waals surface area contributed by atoms with E-state index in [1.807, 2.05) is 10.9 Å². The Balaban J connectivity index is 2.52. The molecule has 0 aliphatic carbocycles. The van der Waals surface area contributed by atoms with E-state index in [0.717, 1.165) is 5.56 Å². The van der Waals surface area contributed by atoms with Crippen LogP contribution >= 0.6 is 0 Å². The predicted octanol–water partition coefficient (Wildman–Crippen LogP) is 1.42. The number of methoxy groups -OCH3 is 1. The molecule has 0 aliphatic rings. The smallest absolute Gasteiger partial charge is 0.305 e. The average Bonchev–Trinajstić information content (AvgIpc) is 2.74. The Labute approximate surface area is 95.6 Å². The number of nitrogens with zero attached hydrogens (tertiary/aromatic N) is 2. The van der Waals surface area contributed by atoms with Crippen LogP contribution in [0.2, 0.25) is 0 Å². The van der Waals surface area contributed by atoms with Crippen LogP contribution < -0.4 is 5.73 Å². The fraction of sp³-hybridized carbons (Fsp3) is 0.636. The van der Waals surface area contributed by atoms with Crippen LogP contribution in [0.15, 0.2) is 12.4 Å². The molecule has 0 aromatic carbocycles. The van der Waals surface area contributed by atoms with Gasteiger partial charge >= 0.3 is 5.97 Å². The third-order valence-corrected chi connectivity index (χ3v) is 2.47. The number of hydrogen-bond donors (Lipinski definition) is 1. The highest BCUT2D eigenvalue weighted by molar-refractivity contribution is 5.69. The average molecular weight is 225 g/mol. The molecule has 90 valence electrons. The van der Waals surface area contributed by atoms with Gasteiger partial charge in [-0.15, -0.1) is 0 Å². The molecule has 1 atom stereocenters. The van der Waals surface area contributed by atoms with Gasteiger partial charge in [-0.2, -0.15) is 5.10 Å². The van der Waals surface area contributed by atoms with Gasteiger partial charge in [0.1, 0.15) is 0 Å². The largest absolute Gasteiger partial charge is 0.469 e. The Kier molecular flexibility index (Phi) is 4.49. The molecular formula is C11H19N3O2. The van der Waals surface area contributed by atoms with Crippen molar-refractivity contribution < 1.29 is 9.53 Å². The summed E-state index contributed by atoms with van der Waals surface area (Å²) in [5.74, 6) is -0.230. The molecule has 0 saturated carbocycles. The Bertz CT molecular complexity index is 347. The van der Waals surface area contributed by atoms with Gasteiger partial charge in [-0.1, -0.05) is 0 Å². The van der Waals surface area contributed by atoms with Crippen LogP contribution in [0.1, 0.15) is 44.3 Å². The maximum atomic E-state index is 11.0. The van der Waals surface area contributed by atoms with Gasteiger partial charge in [-0.05, 0) is 20.3 Å². The van der Waals surface area contributed by atoms with Crippen molar-refractivity contribution in [3.8, 4) is 0 Å². The van der Waals surface area contributed by atoms with Gasteiger partial charge in [0.15, 0.2) is 0 Å². The fourth-order valence-electron chi connectivity index (χ4n) is 1.37. The predicted molar refractivity (Wildman–Crippen MR) is 60.8 cm³/mol. The minimum atomic E-state index is -0.230. The van der Waals surface area contributed by atoms with Crippen molar-refractivity contribution in [3.05, 3.63) is 18.0 Å². The van der Waals surface area contributed by atoms with Gasteiger partial charge in [0.05, 0.1) is 13.3 Å². The van der Waals surface area contributed by atoms with Crippen molar-refractivity contribution in [1.82, 2.24) is 9.78 Å². The van der Waals surface area contributed by atoms with E-state index in [-0.39, 0.29) is 12.0 Å². The van der Waals surface area contributed by atoms with Crippen molar-refractivity contribution in [2.75, 3.05) is 7.11 Å². The summed E-state index contributed by atoms with van der Waals surface area (Å²) in [5.41, 5.74) is 6.91. The van der Waals surface area contributed by atoms with Crippen molar-refractivity contribution in [2.24, 2.45) is 5.73 Å². The number of nitrogens with two attached hydrogens (primary N) is 1. The molecule has 0 amide bonds. The summed E-state index contributed by atoms with van der Waals surface area (Å²) < 4.78 is 6.42. The summed E-state index contributed by atoms with van der Waals surface area (Å²) in [4.78, 5) is 11.0. The molecule has 1 heterocycles. The molecule has 1 aromatic heterocycles. The highest BCUT2D eigenvalue weighted by atomic mass is 16.5. The maximum Gasteiger partial charge on any atom is 0.305 e. The monoisotopic (exact) mass is 225 g/mol. The van der Waals surface area contributed by atoms with E-state index in [2.05, 4.69) is 23.7 Å². The van der Waals surface area contributed by atoms with Gasteiger partial charge in [-0.3, -0.25) is 9.48 Å². The second kappa shape index (κ2) is 5.65. The molecular weight excluding hydrogens is 206 g/mol. The summed E-state index contributed by atoms with van der Waals surface area (Å²) in [7, 11) is 1.38. The lowest BCUT2D eigenvalue weighted by Gasteiger charge is -2.08. The Morgan fingerprint density at radius 1 is 1.62 bits per heavy atom. The number of carbonyl (C=O) groups excluding carboxylic acids is 1. The van der Waals surface area contributed by atoms with E-state index >= 15 is 0 Å². The van der Waals surface area contributed by atoms with Crippen LogP contribution in [-0.2, 0) is 9.53 Å². The van der Waals surface area contributed by atoms with E-state index in [9.17, 15) is 4.79 Å². The number of esters is 1. The standard InChI is InChI=1S/C11H19N3O2/c1-8(2)14-7-9(6-13-14)10(12)4-5-11(15)16-3/h6-8,10H,4-5,12H2,1-3H3. The fourth-order valence-corrected chi connectivity index (χ4v) is 1.37. The molecule has 0 spiro atoms. The van der Waals surface area contributed by atoms with Crippen molar-refractivity contribution in [2.45, 2.75) is 38.8 Å². The molecule has 5 nitrogen and oxygen atoms in total. The molecule has 2 N–H and O–H groups in total. The van der Waals surface area contributed by atoms with Crippen LogP contribution in [-0.4, -0.2) is 22.9 Å². The minimum Gasteiger partial charge on any atom is -0.469 e. The van der Waals surface area contributed by atoms with E-state index in [1.54, 1.807) is 6.20 Å². The highest BCUT2D eigenvalue weighted by Crippen LogP contribution is 2.16. The van der Waals surface area contributed by atoms with Crippen molar-refractivity contribution >= 4 is 5.97 Å². The zero-order valence-electron chi connectivity index (χ0n) is 10.0. The third kappa shape index (κ3) is 3.34. The van der Waals surface area contributed by atoms with Gasteiger partial charge in [-0.25, -0.2) is 0 Å². The quantitative estimate of drug-likeness (QED) is 0.769.